The van der Waals surface area contributed by atoms with Gasteiger partial charge in [0.25, 0.3) is 10.5 Å². The Kier molecular flexibility index (Phi) is 8.57. The summed E-state index contributed by atoms with van der Waals surface area (Å²) in [6.07, 6.45) is 1.62. The molecule has 0 bridgehead atoms. The molecule has 1 aromatic carbocycles. The zero-order chi connectivity index (χ0) is 18.3. The van der Waals surface area contributed by atoms with Crippen LogP contribution in [-0.2, 0) is 0 Å². The van der Waals surface area contributed by atoms with Crippen LogP contribution in [0.25, 0.3) is 0 Å². The fraction of sp³-hybridized carbons (Fsp3) is 0.556. The summed E-state index contributed by atoms with van der Waals surface area (Å²) in [6.45, 7) is 9.09. The van der Waals surface area contributed by atoms with Gasteiger partial charge in [-0.1, -0.05) is 27.7 Å². The van der Waals surface area contributed by atoms with E-state index in [1.54, 1.807) is 0 Å². The molecule has 0 amide bonds. The zero-order valence-electron chi connectivity index (χ0n) is 14.5. The highest BCUT2D eigenvalue weighted by Gasteiger charge is 2.20. The fourth-order valence-electron chi connectivity index (χ4n) is 1.92. The first-order chi connectivity index (χ1) is 11.2. The molecule has 0 atom stereocenters. The van der Waals surface area contributed by atoms with Gasteiger partial charge in [-0.25, -0.2) is 0 Å². The lowest BCUT2D eigenvalue weighted by Gasteiger charge is -2.15. The van der Waals surface area contributed by atoms with Crippen LogP contribution in [0.5, 0.6) is 11.5 Å². The Morgan fingerprint density at radius 2 is 1.17 bits per heavy atom. The van der Waals surface area contributed by atoms with Crippen LogP contribution in [0.15, 0.2) is 12.1 Å². The Morgan fingerprint density at radius 1 is 0.833 bits per heavy atom. The van der Waals surface area contributed by atoms with Crippen molar-refractivity contribution in [1.29, 1.82) is 0 Å². The number of rotatable bonds is 10. The standard InChI is InChI=1S/C18H24Cl2O4/c1-11(2)5-7-23-15-9-14(18(20)22)16(10-13(15)17(19)21)24-8-6-12(3)4/h9-12H,5-8H2,1-4H3. The summed E-state index contributed by atoms with van der Waals surface area (Å²) in [5.74, 6) is 1.40. The van der Waals surface area contributed by atoms with Gasteiger partial charge in [-0.15, -0.1) is 0 Å². The Morgan fingerprint density at radius 3 is 1.42 bits per heavy atom. The highest BCUT2D eigenvalue weighted by molar-refractivity contribution is 6.69. The minimum Gasteiger partial charge on any atom is -0.493 e. The van der Waals surface area contributed by atoms with Crippen LogP contribution in [0.4, 0.5) is 0 Å². The summed E-state index contributed by atoms with van der Waals surface area (Å²) in [4.78, 5) is 23.4. The van der Waals surface area contributed by atoms with Gasteiger partial charge in [0.15, 0.2) is 0 Å². The van der Waals surface area contributed by atoms with Crippen molar-refractivity contribution in [1.82, 2.24) is 0 Å². The summed E-state index contributed by atoms with van der Waals surface area (Å²) in [5.41, 5.74) is 0.336. The second kappa shape index (κ2) is 9.90. The van der Waals surface area contributed by atoms with E-state index in [1.165, 1.54) is 12.1 Å². The topological polar surface area (TPSA) is 52.6 Å². The summed E-state index contributed by atoms with van der Waals surface area (Å²) in [5, 5.41) is -1.34. The maximum absolute atomic E-state index is 11.7. The van der Waals surface area contributed by atoms with E-state index >= 15 is 0 Å². The molecule has 6 heteroatoms. The van der Waals surface area contributed by atoms with E-state index in [0.717, 1.165) is 12.8 Å². The van der Waals surface area contributed by atoms with Crippen molar-refractivity contribution in [3.05, 3.63) is 23.3 Å². The molecule has 0 N–H and O–H groups in total. The first kappa shape index (κ1) is 20.8. The summed E-state index contributed by atoms with van der Waals surface area (Å²) in [6, 6.07) is 2.85. The molecular weight excluding hydrogens is 351 g/mol. The molecule has 1 aromatic rings. The molecule has 134 valence electrons. The molecule has 0 aliphatic rings. The molecule has 0 radical (unpaired) electrons. The monoisotopic (exact) mass is 374 g/mol. The average Bonchev–Trinajstić information content (AvgIpc) is 2.46. The molecule has 1 rings (SSSR count). The molecule has 0 spiro atoms. The van der Waals surface area contributed by atoms with E-state index in [2.05, 4.69) is 27.7 Å². The van der Waals surface area contributed by atoms with Gasteiger partial charge in [0.05, 0.1) is 24.3 Å². The van der Waals surface area contributed by atoms with E-state index in [1.807, 2.05) is 0 Å². The second-order valence-corrected chi connectivity index (χ2v) is 7.14. The summed E-state index contributed by atoms with van der Waals surface area (Å²) < 4.78 is 11.3. The molecule has 0 saturated carbocycles. The Hall–Kier alpha value is -1.26. The first-order valence-corrected chi connectivity index (χ1v) is 8.81. The van der Waals surface area contributed by atoms with E-state index < -0.39 is 10.5 Å². The molecule has 0 aromatic heterocycles. The third-order valence-corrected chi connectivity index (χ3v) is 3.82. The largest absolute Gasteiger partial charge is 0.493 e. The van der Waals surface area contributed by atoms with E-state index in [0.29, 0.717) is 25.0 Å². The Bertz CT molecular complexity index is 531. The van der Waals surface area contributed by atoms with E-state index in [-0.39, 0.29) is 22.6 Å². The predicted molar refractivity (Wildman–Crippen MR) is 96.7 cm³/mol. The van der Waals surface area contributed by atoms with Crippen molar-refractivity contribution >= 4 is 33.7 Å². The summed E-state index contributed by atoms with van der Waals surface area (Å²) >= 11 is 11.3. The zero-order valence-corrected chi connectivity index (χ0v) is 16.0. The van der Waals surface area contributed by atoms with Crippen LogP contribution in [0.3, 0.4) is 0 Å². The molecule has 4 nitrogen and oxygen atoms in total. The summed E-state index contributed by atoms with van der Waals surface area (Å²) in [7, 11) is 0. The van der Waals surface area contributed by atoms with Crippen molar-refractivity contribution < 1.29 is 19.1 Å². The Labute approximate surface area is 153 Å². The quantitative estimate of drug-likeness (QED) is 0.521. The maximum Gasteiger partial charge on any atom is 0.256 e. The average molecular weight is 375 g/mol. The second-order valence-electron chi connectivity index (χ2n) is 6.45. The third-order valence-electron chi connectivity index (χ3n) is 3.41. The molecule has 0 unspecified atom stereocenters. The van der Waals surface area contributed by atoms with Gasteiger partial charge in [0.1, 0.15) is 11.5 Å². The first-order valence-electron chi connectivity index (χ1n) is 8.05. The number of halogens is 2. The molecule has 24 heavy (non-hydrogen) atoms. The van der Waals surface area contributed by atoms with Crippen LogP contribution in [-0.4, -0.2) is 23.7 Å². The van der Waals surface area contributed by atoms with Crippen LogP contribution in [0, 0.1) is 11.8 Å². The third kappa shape index (κ3) is 6.70. The van der Waals surface area contributed by atoms with Crippen molar-refractivity contribution in [3.8, 4) is 11.5 Å². The van der Waals surface area contributed by atoms with Gasteiger partial charge in [0.2, 0.25) is 0 Å². The van der Waals surface area contributed by atoms with Gasteiger partial charge in [-0.05, 0) is 60.0 Å². The SMILES string of the molecule is CC(C)CCOc1cc(C(=O)Cl)c(OCCC(C)C)cc1C(=O)Cl. The molecule has 0 aliphatic carbocycles. The molecule has 0 fully saturated rings. The van der Waals surface area contributed by atoms with E-state index in [4.69, 9.17) is 32.7 Å². The van der Waals surface area contributed by atoms with Crippen LogP contribution < -0.4 is 9.47 Å². The van der Waals surface area contributed by atoms with Crippen molar-refractivity contribution in [2.75, 3.05) is 13.2 Å². The molecule has 0 saturated heterocycles. The minimum atomic E-state index is -0.670. The van der Waals surface area contributed by atoms with Crippen molar-refractivity contribution in [2.45, 2.75) is 40.5 Å². The van der Waals surface area contributed by atoms with Gasteiger partial charge < -0.3 is 9.47 Å². The predicted octanol–water partition coefficient (Wildman–Crippen LogP) is 5.29. The van der Waals surface area contributed by atoms with Gasteiger partial charge in [-0.3, -0.25) is 9.59 Å². The smallest absolute Gasteiger partial charge is 0.256 e. The van der Waals surface area contributed by atoms with Crippen molar-refractivity contribution in [3.63, 3.8) is 0 Å². The molecule has 0 heterocycles. The lowest BCUT2D eigenvalue weighted by Crippen LogP contribution is -2.09. The Balaban J connectivity index is 3.09. The molecular formula is C18H24Cl2O4. The number of carbonyl (C=O) groups excluding carboxylic acids is 2. The highest BCUT2D eigenvalue weighted by atomic mass is 35.5. The number of hydrogen-bond donors (Lipinski definition) is 0. The minimum absolute atomic E-state index is 0.168. The fourth-order valence-corrected chi connectivity index (χ4v) is 2.21. The molecule has 0 aliphatic heterocycles. The van der Waals surface area contributed by atoms with E-state index in [9.17, 15) is 9.59 Å². The maximum atomic E-state index is 11.7. The normalized spacial score (nSPS) is 11.0. The van der Waals surface area contributed by atoms with Gasteiger partial charge >= 0.3 is 0 Å². The lowest BCUT2D eigenvalue weighted by atomic mass is 10.1. The van der Waals surface area contributed by atoms with Gasteiger partial charge in [-0.2, -0.15) is 0 Å². The number of carbonyl (C=O) groups is 2. The van der Waals surface area contributed by atoms with Crippen molar-refractivity contribution in [2.24, 2.45) is 11.8 Å². The van der Waals surface area contributed by atoms with Gasteiger partial charge in [0, 0.05) is 0 Å². The number of ether oxygens (including phenoxy) is 2. The van der Waals surface area contributed by atoms with Crippen LogP contribution >= 0.6 is 23.2 Å². The highest BCUT2D eigenvalue weighted by Crippen LogP contribution is 2.32. The number of hydrogen-bond acceptors (Lipinski definition) is 4. The van der Waals surface area contributed by atoms with Crippen LogP contribution in [0.1, 0.15) is 61.3 Å². The van der Waals surface area contributed by atoms with Crippen LogP contribution in [0.2, 0.25) is 0 Å². The number of benzene rings is 1. The lowest BCUT2D eigenvalue weighted by molar-refractivity contribution is 0.106.